The van der Waals surface area contributed by atoms with E-state index in [1.165, 1.54) is 19.1 Å². The van der Waals surface area contributed by atoms with Crippen molar-refractivity contribution in [3.8, 4) is 17.3 Å². The summed E-state index contributed by atoms with van der Waals surface area (Å²) in [6.45, 7) is -2.05. The molecule has 3 aromatic rings. The van der Waals surface area contributed by atoms with Crippen molar-refractivity contribution < 1.29 is 53.8 Å². The van der Waals surface area contributed by atoms with Crippen molar-refractivity contribution in [1.29, 1.82) is 0 Å². The molecule has 1 aromatic carbocycles. The van der Waals surface area contributed by atoms with Gasteiger partial charge in [0.15, 0.2) is 24.9 Å². The van der Waals surface area contributed by atoms with Gasteiger partial charge in [-0.15, -0.1) is 5.10 Å². The molecule has 0 radical (unpaired) electrons. The van der Waals surface area contributed by atoms with Crippen LogP contribution < -0.4 is 14.8 Å². The summed E-state index contributed by atoms with van der Waals surface area (Å²) in [5.74, 6) is -2.12. The fourth-order valence-corrected chi connectivity index (χ4v) is 3.32. The Kier molecular flexibility index (Phi) is 8.66. The number of amides is 1. The van der Waals surface area contributed by atoms with Gasteiger partial charge in [0.1, 0.15) is 11.5 Å². The maximum absolute atomic E-state index is 13.3. The molecule has 0 aliphatic rings. The van der Waals surface area contributed by atoms with Crippen LogP contribution in [0, 0.1) is 0 Å². The molecule has 2 aromatic heterocycles. The molecule has 1 N–H and O–H groups in total. The normalized spacial score (nSPS) is 13.2. The first kappa shape index (κ1) is 30.0. The number of alkyl halides is 9. The summed E-state index contributed by atoms with van der Waals surface area (Å²) in [6.07, 6.45) is -13.4. The summed E-state index contributed by atoms with van der Waals surface area (Å²) in [6, 6.07) is 2.82. The van der Waals surface area contributed by atoms with E-state index < -0.39 is 60.6 Å². The Bertz CT molecular complexity index is 1310. The minimum atomic E-state index is -5.00. The molecule has 0 saturated carbocycles. The summed E-state index contributed by atoms with van der Waals surface area (Å²) in [5.41, 5.74) is -2.06. The van der Waals surface area contributed by atoms with E-state index in [1.54, 1.807) is 0 Å². The van der Waals surface area contributed by atoms with Gasteiger partial charge in [-0.05, 0) is 53.2 Å². The summed E-state index contributed by atoms with van der Waals surface area (Å²) in [4.78, 5) is 20.8. The Labute approximate surface area is 221 Å². The van der Waals surface area contributed by atoms with Gasteiger partial charge in [-0.25, -0.2) is 9.97 Å². The summed E-state index contributed by atoms with van der Waals surface area (Å²) in [7, 11) is 0. The molecule has 3 rings (SSSR count). The topological polar surface area (TPSA) is 91.2 Å². The molecular weight excluding hydrogens is 621 g/mol. The van der Waals surface area contributed by atoms with Gasteiger partial charge in [0, 0.05) is 5.56 Å². The maximum atomic E-state index is 13.3. The fourth-order valence-electron chi connectivity index (χ4n) is 2.98. The molecule has 1 atom stereocenters. The zero-order chi connectivity index (χ0) is 29.2. The van der Waals surface area contributed by atoms with Crippen LogP contribution in [0.25, 0.3) is 5.82 Å². The highest BCUT2D eigenvalue weighted by atomic mass is 79.9. The van der Waals surface area contributed by atoms with Crippen LogP contribution in [0.3, 0.4) is 0 Å². The molecule has 1 unspecified atom stereocenters. The number of halogens is 10. The lowest BCUT2D eigenvalue weighted by Crippen LogP contribution is -2.29. The van der Waals surface area contributed by atoms with Gasteiger partial charge in [0.25, 0.3) is 5.91 Å². The van der Waals surface area contributed by atoms with Crippen LogP contribution in [0.1, 0.15) is 34.7 Å². The second kappa shape index (κ2) is 11.3. The van der Waals surface area contributed by atoms with Crippen LogP contribution in [0.5, 0.6) is 11.5 Å². The number of pyridine rings is 1. The summed E-state index contributed by atoms with van der Waals surface area (Å²) in [5, 5.41) is 6.37. The van der Waals surface area contributed by atoms with Crippen molar-refractivity contribution in [2.75, 3.05) is 13.2 Å². The predicted molar refractivity (Wildman–Crippen MR) is 117 cm³/mol. The lowest BCUT2D eigenvalue weighted by atomic mass is 10.1. The average molecular weight is 636 g/mol. The van der Waals surface area contributed by atoms with Crippen molar-refractivity contribution in [2.45, 2.75) is 31.5 Å². The third-order valence-electron chi connectivity index (χ3n) is 4.58. The number of rotatable bonds is 8. The van der Waals surface area contributed by atoms with Crippen LogP contribution in [0.4, 0.5) is 39.5 Å². The van der Waals surface area contributed by atoms with Crippen molar-refractivity contribution in [3.05, 3.63) is 58.2 Å². The number of nitrogens with zero attached hydrogens (tertiary/aromatic N) is 4. The van der Waals surface area contributed by atoms with Gasteiger partial charge in [-0.1, -0.05) is 0 Å². The number of aromatic nitrogens is 4. The average Bonchev–Trinajstić information content (AvgIpc) is 3.22. The van der Waals surface area contributed by atoms with Crippen LogP contribution in [0.15, 0.2) is 41.3 Å². The largest absolute Gasteiger partial charge is 0.484 e. The highest BCUT2D eigenvalue weighted by Crippen LogP contribution is 2.33. The van der Waals surface area contributed by atoms with Gasteiger partial charge in [-0.2, -0.15) is 44.2 Å². The number of hydrogen-bond acceptors (Lipinski definition) is 6. The number of carbonyl (C=O) groups is 1. The molecular formula is C21H15BrF9N5O3. The number of benzene rings is 1. The molecule has 1 amide bonds. The lowest BCUT2D eigenvalue weighted by molar-refractivity contribution is -0.154. The van der Waals surface area contributed by atoms with Crippen molar-refractivity contribution in [1.82, 2.24) is 25.1 Å². The van der Waals surface area contributed by atoms with Crippen LogP contribution in [-0.2, 0) is 6.18 Å². The van der Waals surface area contributed by atoms with Crippen LogP contribution in [0.2, 0.25) is 0 Å². The van der Waals surface area contributed by atoms with E-state index in [4.69, 9.17) is 0 Å². The van der Waals surface area contributed by atoms with Crippen LogP contribution in [-0.4, -0.2) is 51.2 Å². The van der Waals surface area contributed by atoms with E-state index in [0.29, 0.717) is 18.2 Å². The molecule has 0 spiro atoms. The monoisotopic (exact) mass is 635 g/mol. The van der Waals surface area contributed by atoms with E-state index in [9.17, 15) is 44.3 Å². The van der Waals surface area contributed by atoms with E-state index in [-0.39, 0.29) is 22.1 Å². The highest BCUT2D eigenvalue weighted by molar-refractivity contribution is 9.10. The Morgan fingerprint density at radius 2 is 1.59 bits per heavy atom. The zero-order valence-electron chi connectivity index (χ0n) is 19.2. The third-order valence-corrected chi connectivity index (χ3v) is 4.92. The van der Waals surface area contributed by atoms with Gasteiger partial charge in [0.05, 0.1) is 17.8 Å². The maximum Gasteiger partial charge on any atom is 0.422 e. The van der Waals surface area contributed by atoms with E-state index in [0.717, 1.165) is 10.9 Å². The Morgan fingerprint density at radius 1 is 0.974 bits per heavy atom. The summed E-state index contributed by atoms with van der Waals surface area (Å²) < 4.78 is 124. The Morgan fingerprint density at radius 3 is 2.13 bits per heavy atom. The van der Waals surface area contributed by atoms with Crippen molar-refractivity contribution in [3.63, 3.8) is 0 Å². The number of carbonyl (C=O) groups excluding carboxylic acids is 1. The van der Waals surface area contributed by atoms with E-state index in [1.807, 2.05) is 0 Å². The third kappa shape index (κ3) is 8.72. The number of ether oxygens (including phenoxy) is 2. The molecule has 0 aliphatic heterocycles. The highest BCUT2D eigenvalue weighted by Gasteiger charge is 2.34. The fraction of sp³-hybridized carbons (Fsp3) is 0.333. The summed E-state index contributed by atoms with van der Waals surface area (Å²) >= 11 is 3.03. The van der Waals surface area contributed by atoms with E-state index in [2.05, 4.69) is 45.8 Å². The molecule has 8 nitrogen and oxygen atoms in total. The van der Waals surface area contributed by atoms with E-state index >= 15 is 0 Å². The van der Waals surface area contributed by atoms with Crippen LogP contribution >= 0.6 is 15.9 Å². The number of hydrogen-bond donors (Lipinski definition) is 1. The first-order valence-electron chi connectivity index (χ1n) is 10.4. The molecule has 2 heterocycles. The smallest absolute Gasteiger partial charge is 0.422 e. The first-order chi connectivity index (χ1) is 17.9. The quantitative estimate of drug-likeness (QED) is 0.314. The zero-order valence-corrected chi connectivity index (χ0v) is 20.8. The standard InChI is InChI=1S/C21H15BrF9N5O3/c1-10(16-34-18(22)35-36(16)15-3-2-13(7-32-15)38-8-19(23,24)25)33-17(37)11-4-12(21(29,30)31)6-14(5-11)39-9-20(26,27)28/h2-7,10H,8-9H2,1H3,(H,33,37). The van der Waals surface area contributed by atoms with Gasteiger partial charge in [-0.3, -0.25) is 4.79 Å². The van der Waals surface area contributed by atoms with Gasteiger partial charge in [0.2, 0.25) is 4.73 Å². The number of nitrogens with one attached hydrogen (secondary N) is 1. The predicted octanol–water partition coefficient (Wildman–Crippen LogP) is 5.82. The van der Waals surface area contributed by atoms with Crippen molar-refractivity contribution >= 4 is 21.8 Å². The van der Waals surface area contributed by atoms with Crippen molar-refractivity contribution in [2.24, 2.45) is 0 Å². The molecule has 212 valence electrons. The molecule has 0 fully saturated rings. The Balaban J connectivity index is 1.83. The minimum absolute atomic E-state index is 0.000275. The second-order valence-electron chi connectivity index (χ2n) is 7.75. The molecule has 0 saturated heterocycles. The van der Waals surface area contributed by atoms with Gasteiger partial charge < -0.3 is 14.8 Å². The molecule has 0 bridgehead atoms. The SMILES string of the molecule is CC(NC(=O)c1cc(OCC(F)(F)F)cc(C(F)(F)F)c1)c1nc(Br)nn1-c1ccc(OCC(F)(F)F)cn1. The Hall–Kier alpha value is -3.57. The minimum Gasteiger partial charge on any atom is -0.484 e. The second-order valence-corrected chi connectivity index (χ2v) is 8.46. The first-order valence-corrected chi connectivity index (χ1v) is 11.2. The van der Waals surface area contributed by atoms with Gasteiger partial charge >= 0.3 is 18.5 Å². The lowest BCUT2D eigenvalue weighted by Gasteiger charge is -2.17. The molecule has 0 aliphatic carbocycles. The molecule has 18 heteroatoms. The molecule has 39 heavy (non-hydrogen) atoms.